The lowest BCUT2D eigenvalue weighted by Gasteiger charge is -2.39. The van der Waals surface area contributed by atoms with Crippen LogP contribution in [0.15, 0.2) is 48.5 Å². The van der Waals surface area contributed by atoms with E-state index in [9.17, 15) is 22.8 Å². The van der Waals surface area contributed by atoms with E-state index in [1.807, 2.05) is 0 Å². The molecule has 1 unspecified atom stereocenters. The minimum atomic E-state index is -4.44. The second-order valence-electron chi connectivity index (χ2n) is 5.72. The van der Waals surface area contributed by atoms with Crippen molar-refractivity contribution in [3.8, 4) is 0 Å². The maximum absolute atomic E-state index is 12.8. The molecule has 1 aliphatic heterocycles. The molecule has 1 atom stereocenters. The predicted octanol–water partition coefficient (Wildman–Crippen LogP) is 3.71. The minimum Gasteiger partial charge on any atom is -0.444 e. The number of alkyl halides is 3. The van der Waals surface area contributed by atoms with Gasteiger partial charge in [-0.05, 0) is 43.3 Å². The van der Waals surface area contributed by atoms with Gasteiger partial charge in [-0.25, -0.2) is 0 Å². The summed E-state index contributed by atoms with van der Waals surface area (Å²) in [5.41, 5.74) is 0.693. The van der Waals surface area contributed by atoms with E-state index in [0.717, 1.165) is 12.1 Å². The molecule has 26 heavy (non-hydrogen) atoms. The van der Waals surface area contributed by atoms with Gasteiger partial charge in [-0.15, -0.1) is 0 Å². The number of nitrogens with zero attached hydrogens (tertiary/aromatic N) is 2. The van der Waals surface area contributed by atoms with Crippen LogP contribution in [0.4, 0.5) is 30.2 Å². The van der Waals surface area contributed by atoms with Gasteiger partial charge >= 0.3 is 6.18 Å². The van der Waals surface area contributed by atoms with Crippen molar-refractivity contribution in [3.63, 3.8) is 0 Å². The van der Waals surface area contributed by atoms with Gasteiger partial charge in [-0.2, -0.15) is 13.2 Å². The summed E-state index contributed by atoms with van der Waals surface area (Å²) < 4.78 is 43.2. The molecular formula is C18H15F3N2O3. The van der Waals surface area contributed by atoms with Crippen LogP contribution in [0.25, 0.3) is 0 Å². The molecule has 3 rings (SSSR count). The molecule has 2 aromatic carbocycles. The summed E-state index contributed by atoms with van der Waals surface area (Å²) >= 11 is 0. The number of ether oxygens (including phenoxy) is 1. The smallest absolute Gasteiger partial charge is 0.416 e. The standard InChI is InChI=1S/C18H15F3N2O3/c1-12(26-11-24)22-10-17(25)23(16-5-3-2-4-15(16)22)14-8-6-13(7-9-14)18(19,20)21/h2-9,11-12H,10H2,1H3. The second kappa shape index (κ2) is 6.70. The molecule has 1 amide bonds. The van der Waals surface area contributed by atoms with Crippen LogP contribution in [-0.4, -0.2) is 25.2 Å². The first-order valence-corrected chi connectivity index (χ1v) is 7.78. The number of rotatable bonds is 4. The molecule has 0 saturated heterocycles. The van der Waals surface area contributed by atoms with Crippen molar-refractivity contribution in [2.24, 2.45) is 0 Å². The third kappa shape index (κ3) is 3.22. The number of anilines is 3. The largest absolute Gasteiger partial charge is 0.444 e. The molecule has 136 valence electrons. The lowest BCUT2D eigenvalue weighted by Crippen LogP contribution is -2.48. The lowest BCUT2D eigenvalue weighted by molar-refractivity contribution is -0.137. The van der Waals surface area contributed by atoms with Crippen molar-refractivity contribution in [3.05, 3.63) is 54.1 Å². The van der Waals surface area contributed by atoms with Gasteiger partial charge in [0, 0.05) is 5.69 Å². The van der Waals surface area contributed by atoms with Gasteiger partial charge in [-0.3, -0.25) is 14.5 Å². The number of fused-ring (bicyclic) bond motifs is 1. The fourth-order valence-corrected chi connectivity index (χ4v) is 2.89. The van der Waals surface area contributed by atoms with Gasteiger partial charge in [0.1, 0.15) is 6.54 Å². The normalized spacial score (nSPS) is 15.5. The third-order valence-corrected chi connectivity index (χ3v) is 4.13. The van der Waals surface area contributed by atoms with Crippen molar-refractivity contribution in [2.45, 2.75) is 19.3 Å². The van der Waals surface area contributed by atoms with Crippen LogP contribution in [0.2, 0.25) is 0 Å². The number of amides is 1. The van der Waals surface area contributed by atoms with Crippen LogP contribution in [0.5, 0.6) is 0 Å². The highest BCUT2D eigenvalue weighted by Crippen LogP contribution is 2.40. The number of carbonyl (C=O) groups is 2. The molecule has 0 aromatic heterocycles. The zero-order valence-electron chi connectivity index (χ0n) is 13.7. The zero-order valence-corrected chi connectivity index (χ0v) is 13.7. The number of benzene rings is 2. The predicted molar refractivity (Wildman–Crippen MR) is 89.0 cm³/mol. The Hall–Kier alpha value is -3.03. The van der Waals surface area contributed by atoms with Crippen molar-refractivity contribution < 1.29 is 27.5 Å². The summed E-state index contributed by atoms with van der Waals surface area (Å²) in [6.45, 7) is 1.86. The summed E-state index contributed by atoms with van der Waals surface area (Å²) in [7, 11) is 0. The Bertz CT molecular complexity index is 821. The number of hydrogen-bond acceptors (Lipinski definition) is 4. The van der Waals surface area contributed by atoms with Crippen molar-refractivity contribution in [1.82, 2.24) is 0 Å². The molecule has 0 radical (unpaired) electrons. The summed E-state index contributed by atoms with van der Waals surface area (Å²) in [5.74, 6) is -0.343. The highest BCUT2D eigenvalue weighted by Gasteiger charge is 2.34. The molecule has 1 aliphatic rings. The Balaban J connectivity index is 2.01. The monoisotopic (exact) mass is 364 g/mol. The number of carbonyl (C=O) groups excluding carboxylic acids is 2. The molecule has 0 fully saturated rings. The van der Waals surface area contributed by atoms with Gasteiger partial charge in [0.2, 0.25) is 0 Å². The Labute approximate surface area is 147 Å². The van der Waals surface area contributed by atoms with Crippen molar-refractivity contribution in [2.75, 3.05) is 16.3 Å². The number of para-hydroxylation sites is 2. The summed E-state index contributed by atoms with van der Waals surface area (Å²) in [6, 6.07) is 11.3. The highest BCUT2D eigenvalue weighted by atomic mass is 19.4. The number of halogens is 3. The molecule has 1 heterocycles. The molecule has 2 aromatic rings. The van der Waals surface area contributed by atoms with Crippen LogP contribution >= 0.6 is 0 Å². The summed E-state index contributed by atoms with van der Waals surface area (Å²) in [4.78, 5) is 26.3. The first kappa shape index (κ1) is 17.8. The molecule has 0 aliphatic carbocycles. The molecule has 0 bridgehead atoms. The quantitative estimate of drug-likeness (QED) is 0.776. The van der Waals surface area contributed by atoms with E-state index in [1.165, 1.54) is 17.0 Å². The van der Waals surface area contributed by atoms with Crippen LogP contribution in [-0.2, 0) is 20.5 Å². The topological polar surface area (TPSA) is 49.9 Å². The van der Waals surface area contributed by atoms with Crippen molar-refractivity contribution in [1.29, 1.82) is 0 Å². The first-order chi connectivity index (χ1) is 12.3. The van der Waals surface area contributed by atoms with Crippen LogP contribution in [0.1, 0.15) is 12.5 Å². The molecular weight excluding hydrogens is 349 g/mol. The summed E-state index contributed by atoms with van der Waals surface area (Å²) in [6.07, 6.45) is -5.10. The van der Waals surface area contributed by atoms with Gasteiger partial charge in [-0.1, -0.05) is 12.1 Å². The van der Waals surface area contributed by atoms with E-state index >= 15 is 0 Å². The fourth-order valence-electron chi connectivity index (χ4n) is 2.89. The number of hydrogen-bond donors (Lipinski definition) is 0. The average Bonchev–Trinajstić information content (AvgIpc) is 2.60. The van der Waals surface area contributed by atoms with E-state index in [1.54, 1.807) is 36.1 Å². The van der Waals surface area contributed by atoms with E-state index in [0.29, 0.717) is 23.5 Å². The Morgan fingerprint density at radius 1 is 1.08 bits per heavy atom. The molecule has 5 nitrogen and oxygen atoms in total. The molecule has 0 N–H and O–H groups in total. The van der Waals surface area contributed by atoms with E-state index in [-0.39, 0.29) is 12.5 Å². The van der Waals surface area contributed by atoms with Crippen LogP contribution < -0.4 is 9.80 Å². The van der Waals surface area contributed by atoms with E-state index in [4.69, 9.17) is 4.74 Å². The Kier molecular flexibility index (Phi) is 4.58. The Morgan fingerprint density at radius 2 is 1.69 bits per heavy atom. The van der Waals surface area contributed by atoms with Gasteiger partial charge in [0.15, 0.2) is 6.23 Å². The molecule has 0 saturated carbocycles. The maximum atomic E-state index is 12.8. The third-order valence-electron chi connectivity index (χ3n) is 4.13. The second-order valence-corrected chi connectivity index (χ2v) is 5.72. The van der Waals surface area contributed by atoms with Crippen LogP contribution in [0, 0.1) is 0 Å². The van der Waals surface area contributed by atoms with Gasteiger partial charge < -0.3 is 9.64 Å². The Morgan fingerprint density at radius 3 is 2.27 bits per heavy atom. The van der Waals surface area contributed by atoms with Gasteiger partial charge in [0.05, 0.1) is 16.9 Å². The summed E-state index contributed by atoms with van der Waals surface area (Å²) in [5, 5.41) is 0. The maximum Gasteiger partial charge on any atom is 0.416 e. The van der Waals surface area contributed by atoms with E-state index < -0.39 is 18.0 Å². The zero-order chi connectivity index (χ0) is 18.9. The molecule has 0 spiro atoms. The SMILES string of the molecule is CC(OC=O)N1CC(=O)N(c2ccc(C(F)(F)F)cc2)c2ccccc21. The van der Waals surface area contributed by atoms with E-state index in [2.05, 4.69) is 0 Å². The van der Waals surface area contributed by atoms with Gasteiger partial charge in [0.25, 0.3) is 12.4 Å². The van der Waals surface area contributed by atoms with Crippen molar-refractivity contribution >= 4 is 29.4 Å². The lowest BCUT2D eigenvalue weighted by atomic mass is 10.1. The fraction of sp³-hybridized carbons (Fsp3) is 0.222. The van der Waals surface area contributed by atoms with Crippen LogP contribution in [0.3, 0.4) is 0 Å². The molecule has 8 heteroatoms. The average molecular weight is 364 g/mol. The first-order valence-electron chi connectivity index (χ1n) is 7.78. The minimum absolute atomic E-state index is 0.0763. The highest BCUT2D eigenvalue weighted by molar-refractivity contribution is 6.08.